The predicted molar refractivity (Wildman–Crippen MR) is 108 cm³/mol. The molecule has 0 aliphatic carbocycles. The Morgan fingerprint density at radius 1 is 0.867 bits per heavy atom. The second-order valence-corrected chi connectivity index (χ2v) is 4.75. The number of likely N-dealkylation sites (N-methyl/N-ethyl adjacent to an activating group) is 1. The van der Waals surface area contributed by atoms with Gasteiger partial charge in [0.2, 0.25) is 11.8 Å². The van der Waals surface area contributed by atoms with Crippen molar-refractivity contribution in [2.24, 2.45) is 5.73 Å². The summed E-state index contributed by atoms with van der Waals surface area (Å²) in [6, 6.07) is -2.51. The molecule has 0 radical (unpaired) electrons. The number of nitrogens with one attached hydrogen (secondary N) is 3. The molecule has 8 N–H and O–H groups in total. The first-order valence-electron chi connectivity index (χ1n) is 9.11. The van der Waals surface area contributed by atoms with Crippen LogP contribution in [0.15, 0.2) is 0 Å². The highest BCUT2D eigenvalue weighted by Crippen LogP contribution is 1.90. The van der Waals surface area contributed by atoms with Crippen LogP contribution in [0, 0.1) is 0 Å². The highest BCUT2D eigenvalue weighted by Gasteiger charge is 2.19. The van der Waals surface area contributed by atoms with Crippen LogP contribution in [0.2, 0.25) is 0 Å². The lowest BCUT2D eigenvalue weighted by molar-refractivity contribution is -0.139. The summed E-state index contributed by atoms with van der Waals surface area (Å²) in [4.78, 5) is 63.3. The lowest BCUT2D eigenvalue weighted by atomic mass is 10.2. The first kappa shape index (κ1) is 34.4. The third-order valence-electron chi connectivity index (χ3n) is 2.39. The molecule has 30 heavy (non-hydrogen) atoms. The van der Waals surface area contributed by atoms with Crippen molar-refractivity contribution in [3.8, 4) is 0 Å². The van der Waals surface area contributed by atoms with Crippen molar-refractivity contribution in [1.82, 2.24) is 16.0 Å². The number of carbonyl (C=O) groups is 6. The van der Waals surface area contributed by atoms with Crippen molar-refractivity contribution in [3.63, 3.8) is 0 Å². The summed E-state index contributed by atoms with van der Waals surface area (Å²) in [5, 5.41) is 31.3. The van der Waals surface area contributed by atoms with E-state index < -0.39 is 61.2 Å². The Bertz CT molecular complexity index is 527. The largest absolute Gasteiger partial charge is 0.481 e. The van der Waals surface area contributed by atoms with Gasteiger partial charge in [-0.15, -0.1) is 0 Å². The van der Waals surface area contributed by atoms with Gasteiger partial charge in [0.15, 0.2) is 0 Å². The quantitative estimate of drug-likeness (QED) is 0.182. The summed E-state index contributed by atoms with van der Waals surface area (Å²) in [5.74, 6) is -4.99. The third kappa shape index (κ3) is 27.2. The van der Waals surface area contributed by atoms with Crippen molar-refractivity contribution in [1.29, 1.82) is 0 Å². The van der Waals surface area contributed by atoms with Crippen LogP contribution in [-0.2, 0) is 28.8 Å². The van der Waals surface area contributed by atoms with E-state index in [-0.39, 0.29) is 12.8 Å². The van der Waals surface area contributed by atoms with Crippen molar-refractivity contribution in [3.05, 3.63) is 0 Å². The van der Waals surface area contributed by atoms with E-state index in [1.165, 1.54) is 0 Å². The van der Waals surface area contributed by atoms with Gasteiger partial charge in [-0.25, -0.2) is 0 Å². The van der Waals surface area contributed by atoms with Gasteiger partial charge in [0.25, 0.3) is 0 Å². The normalized spacial score (nSPS) is 10.6. The molecule has 0 bridgehead atoms. The van der Waals surface area contributed by atoms with E-state index in [4.69, 9.17) is 21.1 Å². The maximum absolute atomic E-state index is 11.3. The number of nitrogens with two attached hydrogens (primary N) is 1. The molecule has 0 aliphatic heterocycles. The van der Waals surface area contributed by atoms with Gasteiger partial charge in [0.05, 0.1) is 38.0 Å². The van der Waals surface area contributed by atoms with Crippen LogP contribution in [0.5, 0.6) is 0 Å². The minimum Gasteiger partial charge on any atom is -0.481 e. The Balaban J connectivity index is -0.000000283. The van der Waals surface area contributed by atoms with Crippen molar-refractivity contribution in [2.75, 3.05) is 20.1 Å². The first-order chi connectivity index (χ1) is 14.0. The van der Waals surface area contributed by atoms with Gasteiger partial charge in [0, 0.05) is 0 Å². The summed E-state index contributed by atoms with van der Waals surface area (Å²) in [6.45, 7) is 7.50. The summed E-state index contributed by atoms with van der Waals surface area (Å²) in [5.41, 5.74) is 5.24. The van der Waals surface area contributed by atoms with Gasteiger partial charge in [0.1, 0.15) is 6.29 Å². The Morgan fingerprint density at radius 2 is 1.33 bits per heavy atom. The molecular weight excluding hydrogens is 404 g/mol. The molecule has 0 fully saturated rings. The van der Waals surface area contributed by atoms with E-state index in [0.717, 1.165) is 0 Å². The Kier molecular flexibility index (Phi) is 27.5. The molecule has 13 heteroatoms. The van der Waals surface area contributed by atoms with Crippen LogP contribution < -0.4 is 21.7 Å². The smallest absolute Gasteiger partial charge is 0.317 e. The number of hydrogen-bond acceptors (Lipinski definition) is 8. The lowest BCUT2D eigenvalue weighted by Crippen LogP contribution is -2.47. The van der Waals surface area contributed by atoms with Crippen LogP contribution in [0.3, 0.4) is 0 Å². The average molecular weight is 438 g/mol. The lowest BCUT2D eigenvalue weighted by Gasteiger charge is -2.12. The average Bonchev–Trinajstić information content (AvgIpc) is 2.68. The monoisotopic (exact) mass is 438 g/mol. The molecule has 2 atom stereocenters. The van der Waals surface area contributed by atoms with E-state index in [2.05, 4.69) is 16.0 Å². The van der Waals surface area contributed by atoms with E-state index >= 15 is 0 Å². The highest BCUT2D eigenvalue weighted by molar-refractivity contribution is 5.90. The number of carboxylic acid groups (broad SMARTS) is 3. The zero-order valence-corrected chi connectivity index (χ0v) is 17.9. The molecule has 2 amide bonds. The standard InChI is InChI=1S/C10H15N3O7.C3H7NO2.2C2H6/c11-6(2-9(18)19)10(20)12-3-7(15)13-5(4-14)1-8(16)17;1-4-2-3(5)6;2*1-2/h4-6H,1-3,11H2,(H,12,20)(H,13,15)(H,16,17)(H,18,19);4H,2H2,1H3,(H,5,6);2*1-2H3/t5-,6-;;;/m0.../s1. The molecule has 0 aliphatic rings. The summed E-state index contributed by atoms with van der Waals surface area (Å²) in [6.07, 6.45) is -0.921. The number of aldehydes is 1. The minimum atomic E-state index is -1.30. The van der Waals surface area contributed by atoms with Crippen molar-refractivity contribution < 1.29 is 44.1 Å². The van der Waals surface area contributed by atoms with E-state index in [1.807, 2.05) is 27.7 Å². The van der Waals surface area contributed by atoms with Crippen LogP contribution in [0.1, 0.15) is 40.5 Å². The molecule has 0 saturated carbocycles. The fourth-order valence-corrected chi connectivity index (χ4v) is 1.31. The molecule has 0 saturated heterocycles. The first-order valence-corrected chi connectivity index (χ1v) is 9.11. The Morgan fingerprint density at radius 3 is 1.63 bits per heavy atom. The van der Waals surface area contributed by atoms with E-state index in [0.29, 0.717) is 0 Å². The molecule has 0 rings (SSSR count). The zero-order chi connectivity index (χ0) is 24.7. The van der Waals surface area contributed by atoms with Gasteiger partial charge in [-0.3, -0.25) is 24.0 Å². The predicted octanol–water partition coefficient (Wildman–Crippen LogP) is -1.59. The number of rotatable bonds is 11. The van der Waals surface area contributed by atoms with Crippen molar-refractivity contribution >= 4 is 36.0 Å². The van der Waals surface area contributed by atoms with Crippen LogP contribution in [-0.4, -0.2) is 83.5 Å². The number of carboxylic acids is 3. The summed E-state index contributed by atoms with van der Waals surface area (Å²) >= 11 is 0. The topological polar surface area (TPSA) is 225 Å². The molecular formula is C17H34N4O9. The summed E-state index contributed by atoms with van der Waals surface area (Å²) in [7, 11) is 1.59. The van der Waals surface area contributed by atoms with Crippen LogP contribution in [0.25, 0.3) is 0 Å². The van der Waals surface area contributed by atoms with Gasteiger partial charge < -0.3 is 41.8 Å². The zero-order valence-electron chi connectivity index (χ0n) is 17.9. The molecule has 0 unspecified atom stereocenters. The maximum atomic E-state index is 11.3. The number of aliphatic carboxylic acids is 3. The van der Waals surface area contributed by atoms with Gasteiger partial charge >= 0.3 is 17.9 Å². The molecule has 0 aromatic carbocycles. The minimum absolute atomic E-state index is 0.0417. The van der Waals surface area contributed by atoms with E-state index in [9.17, 15) is 28.8 Å². The van der Waals surface area contributed by atoms with Crippen LogP contribution in [0.4, 0.5) is 0 Å². The van der Waals surface area contributed by atoms with E-state index in [1.54, 1.807) is 7.05 Å². The van der Waals surface area contributed by atoms with Gasteiger partial charge in [-0.05, 0) is 7.05 Å². The van der Waals surface area contributed by atoms with Crippen molar-refractivity contribution in [2.45, 2.75) is 52.6 Å². The second kappa shape index (κ2) is 24.0. The molecule has 0 spiro atoms. The van der Waals surface area contributed by atoms with Gasteiger partial charge in [-0.2, -0.15) is 0 Å². The molecule has 0 heterocycles. The molecule has 0 aromatic rings. The number of hydrogen-bond donors (Lipinski definition) is 7. The third-order valence-corrected chi connectivity index (χ3v) is 2.39. The highest BCUT2D eigenvalue weighted by atomic mass is 16.4. The fourth-order valence-electron chi connectivity index (χ4n) is 1.31. The summed E-state index contributed by atoms with van der Waals surface area (Å²) < 4.78 is 0. The SMILES string of the molecule is CC.CC.CNCC(=O)O.N[C@@H](CC(=O)O)C(=O)NCC(=O)N[C@H](C=O)CC(=O)O. The van der Waals surface area contributed by atoms with Crippen LogP contribution >= 0.6 is 0 Å². The maximum Gasteiger partial charge on any atom is 0.317 e. The number of carbonyl (C=O) groups excluding carboxylic acids is 3. The number of amides is 2. The van der Waals surface area contributed by atoms with Gasteiger partial charge in [-0.1, -0.05) is 27.7 Å². The Hall–Kier alpha value is -3.06. The molecule has 13 nitrogen and oxygen atoms in total. The molecule has 176 valence electrons. The molecule has 0 aromatic heterocycles. The second-order valence-electron chi connectivity index (χ2n) is 4.75. The Labute approximate surface area is 175 Å². The fraction of sp³-hybridized carbons (Fsp3) is 0.647.